The van der Waals surface area contributed by atoms with Gasteiger partial charge in [0.25, 0.3) is 0 Å². The lowest BCUT2D eigenvalue weighted by Gasteiger charge is -2.03. The van der Waals surface area contributed by atoms with E-state index in [1.807, 2.05) is 60.8 Å². The van der Waals surface area contributed by atoms with Crippen LogP contribution in [0.25, 0.3) is 10.9 Å². The number of nitrogens with one attached hydrogen (secondary N) is 2. The van der Waals surface area contributed by atoms with Gasteiger partial charge in [-0.15, -0.1) is 0 Å². The molecule has 1 amide bonds. The molecular formula is C17H15N3O2. The van der Waals surface area contributed by atoms with Gasteiger partial charge in [-0.2, -0.15) is 5.10 Å². The van der Waals surface area contributed by atoms with Gasteiger partial charge in [0, 0.05) is 22.7 Å². The van der Waals surface area contributed by atoms with Crippen LogP contribution in [0.3, 0.4) is 0 Å². The number of hydrogen-bond acceptors (Lipinski definition) is 3. The molecule has 0 unspecified atom stereocenters. The van der Waals surface area contributed by atoms with Crippen LogP contribution < -0.4 is 5.43 Å². The van der Waals surface area contributed by atoms with E-state index in [1.54, 1.807) is 6.21 Å². The fraction of sp³-hybridized carbons (Fsp3) is 0.0588. The molecule has 0 atom stereocenters. The summed E-state index contributed by atoms with van der Waals surface area (Å²) in [6.45, 7) is 0.218. The van der Waals surface area contributed by atoms with Crippen molar-refractivity contribution in [2.24, 2.45) is 5.10 Å². The van der Waals surface area contributed by atoms with Crippen molar-refractivity contribution in [2.45, 2.75) is 6.61 Å². The van der Waals surface area contributed by atoms with Gasteiger partial charge in [-0.3, -0.25) is 0 Å². The number of fused-ring (bicyclic) bond motifs is 1. The summed E-state index contributed by atoms with van der Waals surface area (Å²) in [4.78, 5) is 14.7. The third kappa shape index (κ3) is 3.32. The van der Waals surface area contributed by atoms with Gasteiger partial charge >= 0.3 is 6.09 Å². The summed E-state index contributed by atoms with van der Waals surface area (Å²) in [6, 6.07) is 17.4. The maximum Gasteiger partial charge on any atom is 0.428 e. The molecule has 0 saturated carbocycles. The molecule has 0 aliphatic carbocycles. The Labute approximate surface area is 127 Å². The van der Waals surface area contributed by atoms with E-state index >= 15 is 0 Å². The molecule has 2 aromatic carbocycles. The lowest BCUT2D eigenvalue weighted by atomic mass is 10.2. The van der Waals surface area contributed by atoms with Crippen molar-refractivity contribution >= 4 is 23.2 Å². The van der Waals surface area contributed by atoms with Gasteiger partial charge in [-0.1, -0.05) is 48.5 Å². The van der Waals surface area contributed by atoms with E-state index in [9.17, 15) is 4.79 Å². The average Bonchev–Trinajstić information content (AvgIpc) is 2.97. The summed E-state index contributed by atoms with van der Waals surface area (Å²) >= 11 is 0. The van der Waals surface area contributed by atoms with Crippen molar-refractivity contribution < 1.29 is 9.53 Å². The lowest BCUT2D eigenvalue weighted by Crippen LogP contribution is -2.18. The van der Waals surface area contributed by atoms with Gasteiger partial charge in [0.15, 0.2) is 0 Å². The average molecular weight is 293 g/mol. The van der Waals surface area contributed by atoms with E-state index in [-0.39, 0.29) is 6.61 Å². The van der Waals surface area contributed by atoms with E-state index in [4.69, 9.17) is 4.74 Å². The number of amides is 1. The molecule has 3 aromatic rings. The summed E-state index contributed by atoms with van der Waals surface area (Å²) in [5, 5.41) is 4.95. The van der Waals surface area contributed by atoms with E-state index in [0.29, 0.717) is 0 Å². The van der Waals surface area contributed by atoms with Crippen LogP contribution in [0.4, 0.5) is 4.79 Å². The van der Waals surface area contributed by atoms with Gasteiger partial charge in [0.2, 0.25) is 0 Å². The largest absolute Gasteiger partial charge is 0.443 e. The fourth-order valence-corrected chi connectivity index (χ4v) is 2.11. The molecule has 1 aromatic heterocycles. The fourth-order valence-electron chi connectivity index (χ4n) is 2.11. The van der Waals surface area contributed by atoms with Crippen LogP contribution in [0.1, 0.15) is 11.1 Å². The maximum atomic E-state index is 11.6. The van der Waals surface area contributed by atoms with Crippen molar-refractivity contribution in [2.75, 3.05) is 0 Å². The molecule has 0 aliphatic rings. The second kappa shape index (κ2) is 6.58. The van der Waals surface area contributed by atoms with E-state index in [0.717, 1.165) is 22.0 Å². The zero-order valence-electron chi connectivity index (χ0n) is 11.8. The molecule has 0 bridgehead atoms. The standard InChI is InChI=1S/C17H15N3O2/c21-17(22-12-13-6-2-1-3-7-13)20-19-11-14-10-18-16-9-5-4-8-15(14)16/h1-11,18H,12H2,(H,20,21)/b19-11-. The van der Waals surface area contributed by atoms with Crippen molar-refractivity contribution in [3.05, 3.63) is 71.9 Å². The Kier molecular flexibility index (Phi) is 4.15. The Balaban J connectivity index is 1.54. The molecule has 110 valence electrons. The van der Waals surface area contributed by atoms with Crippen LogP contribution in [-0.4, -0.2) is 17.3 Å². The van der Waals surface area contributed by atoms with E-state index < -0.39 is 6.09 Å². The summed E-state index contributed by atoms with van der Waals surface area (Å²) < 4.78 is 5.06. The minimum Gasteiger partial charge on any atom is -0.443 e. The quantitative estimate of drug-likeness (QED) is 0.571. The maximum absolute atomic E-state index is 11.6. The molecule has 22 heavy (non-hydrogen) atoms. The number of carbonyl (C=O) groups excluding carboxylic acids is 1. The molecule has 0 fully saturated rings. The molecule has 1 heterocycles. The molecule has 0 radical (unpaired) electrons. The second-order valence-corrected chi connectivity index (χ2v) is 4.72. The molecule has 0 saturated heterocycles. The normalized spacial score (nSPS) is 10.9. The molecule has 0 spiro atoms. The number of carbonyl (C=O) groups is 1. The zero-order valence-corrected chi connectivity index (χ0v) is 11.8. The summed E-state index contributed by atoms with van der Waals surface area (Å²) in [6.07, 6.45) is 2.84. The monoisotopic (exact) mass is 293 g/mol. The van der Waals surface area contributed by atoms with Crippen molar-refractivity contribution in [1.82, 2.24) is 10.4 Å². The topological polar surface area (TPSA) is 66.5 Å². The number of nitrogens with zero attached hydrogens (tertiary/aromatic N) is 1. The van der Waals surface area contributed by atoms with Gasteiger partial charge in [-0.25, -0.2) is 10.2 Å². The Morgan fingerprint density at radius 3 is 2.77 bits per heavy atom. The number of para-hydroxylation sites is 1. The summed E-state index contributed by atoms with van der Waals surface area (Å²) in [7, 11) is 0. The highest BCUT2D eigenvalue weighted by Crippen LogP contribution is 2.15. The third-order valence-corrected chi connectivity index (χ3v) is 3.19. The number of hydrazone groups is 1. The highest BCUT2D eigenvalue weighted by Gasteiger charge is 2.02. The summed E-state index contributed by atoms with van der Waals surface area (Å²) in [5.41, 5.74) is 5.20. The lowest BCUT2D eigenvalue weighted by molar-refractivity contribution is 0.140. The SMILES string of the molecule is O=C(N/N=C\c1c[nH]c2ccccc12)OCc1ccccc1. The number of hydrogen-bond donors (Lipinski definition) is 2. The number of H-pyrrole nitrogens is 1. The van der Waals surface area contributed by atoms with Crippen LogP contribution >= 0.6 is 0 Å². The Morgan fingerprint density at radius 2 is 1.91 bits per heavy atom. The Bertz CT molecular complexity index is 794. The number of benzene rings is 2. The van der Waals surface area contributed by atoms with E-state index in [1.165, 1.54) is 0 Å². The van der Waals surface area contributed by atoms with Crippen LogP contribution in [-0.2, 0) is 11.3 Å². The van der Waals surface area contributed by atoms with Gasteiger partial charge in [0.1, 0.15) is 6.61 Å². The van der Waals surface area contributed by atoms with Crippen molar-refractivity contribution in [1.29, 1.82) is 0 Å². The number of ether oxygens (including phenoxy) is 1. The Hall–Kier alpha value is -3.08. The van der Waals surface area contributed by atoms with Crippen molar-refractivity contribution in [3.8, 4) is 0 Å². The second-order valence-electron chi connectivity index (χ2n) is 4.72. The smallest absolute Gasteiger partial charge is 0.428 e. The van der Waals surface area contributed by atoms with Crippen LogP contribution in [0.2, 0.25) is 0 Å². The first-order valence-electron chi connectivity index (χ1n) is 6.89. The van der Waals surface area contributed by atoms with Gasteiger partial charge in [0.05, 0.1) is 6.21 Å². The highest BCUT2D eigenvalue weighted by atomic mass is 16.5. The predicted octanol–water partition coefficient (Wildman–Crippen LogP) is 3.43. The molecule has 5 nitrogen and oxygen atoms in total. The first kappa shape index (κ1) is 13.9. The van der Waals surface area contributed by atoms with Crippen molar-refractivity contribution in [3.63, 3.8) is 0 Å². The summed E-state index contributed by atoms with van der Waals surface area (Å²) in [5.74, 6) is 0. The molecule has 3 rings (SSSR count). The van der Waals surface area contributed by atoms with Gasteiger partial charge < -0.3 is 9.72 Å². The molecule has 2 N–H and O–H groups in total. The molecule has 0 aliphatic heterocycles. The minimum absolute atomic E-state index is 0.218. The van der Waals surface area contributed by atoms with Crippen LogP contribution in [0, 0.1) is 0 Å². The molecule has 5 heteroatoms. The number of rotatable bonds is 4. The Morgan fingerprint density at radius 1 is 1.14 bits per heavy atom. The first-order chi connectivity index (χ1) is 10.8. The minimum atomic E-state index is -0.583. The number of aromatic amines is 1. The van der Waals surface area contributed by atoms with Crippen LogP contribution in [0.15, 0.2) is 65.9 Å². The van der Waals surface area contributed by atoms with Gasteiger partial charge in [-0.05, 0) is 11.6 Å². The third-order valence-electron chi connectivity index (χ3n) is 3.19. The van der Waals surface area contributed by atoms with Crippen LogP contribution in [0.5, 0.6) is 0 Å². The first-order valence-corrected chi connectivity index (χ1v) is 6.89. The predicted molar refractivity (Wildman–Crippen MR) is 85.7 cm³/mol. The number of aromatic nitrogens is 1. The molecular weight excluding hydrogens is 278 g/mol. The van der Waals surface area contributed by atoms with E-state index in [2.05, 4.69) is 15.5 Å². The zero-order chi connectivity index (χ0) is 15.2. The highest BCUT2D eigenvalue weighted by molar-refractivity contribution is 5.99.